The standard InChI is InChI=1S/C21H21NO5/c1-12(2)26-14-6-7-15-16(11-20(23)27-19(15)10-14)21(24)22-17-9-13(3)5-8-18(17)25-4/h5-12H,1-4H3,(H,22,24). The zero-order valence-corrected chi connectivity index (χ0v) is 15.7. The summed E-state index contributed by atoms with van der Waals surface area (Å²) in [7, 11) is 1.53. The Bertz CT molecular complexity index is 1050. The van der Waals surface area contributed by atoms with E-state index in [9.17, 15) is 9.59 Å². The van der Waals surface area contributed by atoms with Crippen LogP contribution in [-0.4, -0.2) is 19.1 Å². The molecule has 0 radical (unpaired) electrons. The van der Waals surface area contributed by atoms with Gasteiger partial charge in [-0.2, -0.15) is 0 Å². The van der Waals surface area contributed by atoms with Crippen LogP contribution in [0, 0.1) is 6.92 Å². The molecule has 0 aliphatic heterocycles. The lowest BCUT2D eigenvalue weighted by Crippen LogP contribution is -2.16. The topological polar surface area (TPSA) is 77.8 Å². The summed E-state index contributed by atoms with van der Waals surface area (Å²) in [5.41, 5.74) is 1.41. The number of rotatable bonds is 5. The van der Waals surface area contributed by atoms with Gasteiger partial charge in [-0.05, 0) is 50.6 Å². The number of fused-ring (bicyclic) bond motifs is 1. The second-order valence-electron chi connectivity index (χ2n) is 6.46. The first kappa shape index (κ1) is 18.5. The number of amides is 1. The monoisotopic (exact) mass is 367 g/mol. The van der Waals surface area contributed by atoms with Crippen LogP contribution in [0.25, 0.3) is 11.0 Å². The van der Waals surface area contributed by atoms with Crippen molar-refractivity contribution in [2.45, 2.75) is 26.9 Å². The van der Waals surface area contributed by atoms with Crippen LogP contribution >= 0.6 is 0 Å². The largest absolute Gasteiger partial charge is 0.495 e. The highest BCUT2D eigenvalue weighted by molar-refractivity contribution is 6.12. The van der Waals surface area contributed by atoms with E-state index in [0.717, 1.165) is 5.56 Å². The first-order valence-corrected chi connectivity index (χ1v) is 8.58. The average molecular weight is 367 g/mol. The fraction of sp³-hybridized carbons (Fsp3) is 0.238. The molecule has 0 unspecified atom stereocenters. The van der Waals surface area contributed by atoms with E-state index in [2.05, 4.69) is 5.32 Å². The molecule has 0 atom stereocenters. The predicted octanol–water partition coefficient (Wildman–Crippen LogP) is 4.15. The Balaban J connectivity index is 2.02. The summed E-state index contributed by atoms with van der Waals surface area (Å²) < 4.78 is 16.2. The fourth-order valence-electron chi connectivity index (χ4n) is 2.79. The lowest BCUT2D eigenvalue weighted by molar-refractivity contribution is 0.102. The maximum Gasteiger partial charge on any atom is 0.337 e. The third kappa shape index (κ3) is 4.11. The van der Waals surface area contributed by atoms with E-state index in [0.29, 0.717) is 28.2 Å². The lowest BCUT2D eigenvalue weighted by Gasteiger charge is -2.13. The van der Waals surface area contributed by atoms with Crippen molar-refractivity contribution < 1.29 is 18.7 Å². The maximum absolute atomic E-state index is 12.8. The second-order valence-corrected chi connectivity index (χ2v) is 6.46. The second kappa shape index (κ2) is 7.53. The first-order chi connectivity index (χ1) is 12.9. The van der Waals surface area contributed by atoms with Gasteiger partial charge in [0.25, 0.3) is 5.91 Å². The smallest absolute Gasteiger partial charge is 0.337 e. The minimum absolute atomic E-state index is 0.0190. The number of nitrogens with one attached hydrogen (secondary N) is 1. The summed E-state index contributed by atoms with van der Waals surface area (Å²) >= 11 is 0. The van der Waals surface area contributed by atoms with Crippen LogP contribution in [0.5, 0.6) is 11.5 Å². The lowest BCUT2D eigenvalue weighted by atomic mass is 10.1. The Kier molecular flexibility index (Phi) is 5.16. The van der Waals surface area contributed by atoms with Gasteiger partial charge in [0.2, 0.25) is 0 Å². The van der Waals surface area contributed by atoms with Crippen molar-refractivity contribution in [2.24, 2.45) is 0 Å². The van der Waals surface area contributed by atoms with Crippen LogP contribution in [0.3, 0.4) is 0 Å². The summed E-state index contributed by atoms with van der Waals surface area (Å²) in [6.45, 7) is 5.72. The Hall–Kier alpha value is -3.28. The molecular formula is C21H21NO5. The molecular weight excluding hydrogens is 346 g/mol. The molecule has 0 saturated heterocycles. The predicted molar refractivity (Wildman–Crippen MR) is 104 cm³/mol. The molecule has 3 aromatic rings. The molecule has 0 aliphatic rings. The minimum atomic E-state index is -0.606. The Labute approximate surface area is 156 Å². The fourth-order valence-corrected chi connectivity index (χ4v) is 2.79. The number of carbonyl (C=O) groups is 1. The van der Waals surface area contributed by atoms with Gasteiger partial charge in [-0.25, -0.2) is 4.79 Å². The Morgan fingerprint density at radius 2 is 1.89 bits per heavy atom. The number of benzene rings is 2. The third-order valence-corrected chi connectivity index (χ3v) is 3.94. The van der Waals surface area contributed by atoms with Crippen LogP contribution in [0.4, 0.5) is 5.69 Å². The zero-order chi connectivity index (χ0) is 19.6. The number of methoxy groups -OCH3 is 1. The summed E-state index contributed by atoms with van der Waals surface area (Å²) in [4.78, 5) is 24.8. The molecule has 0 bridgehead atoms. The van der Waals surface area contributed by atoms with Crippen LogP contribution in [-0.2, 0) is 0 Å². The van der Waals surface area contributed by atoms with Crippen molar-refractivity contribution in [3.05, 3.63) is 64.0 Å². The molecule has 0 spiro atoms. The van der Waals surface area contributed by atoms with Crippen molar-refractivity contribution >= 4 is 22.6 Å². The van der Waals surface area contributed by atoms with Crippen LogP contribution in [0.2, 0.25) is 0 Å². The van der Waals surface area contributed by atoms with Crippen LogP contribution in [0.1, 0.15) is 29.8 Å². The highest BCUT2D eigenvalue weighted by Crippen LogP contribution is 2.28. The number of carbonyl (C=O) groups excluding carboxylic acids is 1. The number of hydrogen-bond donors (Lipinski definition) is 1. The zero-order valence-electron chi connectivity index (χ0n) is 15.7. The molecule has 0 fully saturated rings. The quantitative estimate of drug-likeness (QED) is 0.686. The molecule has 140 valence electrons. The number of ether oxygens (including phenoxy) is 2. The van der Waals surface area contributed by atoms with Crippen molar-refractivity contribution in [3.63, 3.8) is 0 Å². The van der Waals surface area contributed by atoms with E-state index < -0.39 is 11.5 Å². The van der Waals surface area contributed by atoms with Gasteiger partial charge in [0.1, 0.15) is 17.1 Å². The summed E-state index contributed by atoms with van der Waals surface area (Å²) in [6, 6.07) is 11.7. The molecule has 3 rings (SSSR count). The van der Waals surface area contributed by atoms with E-state index in [1.165, 1.54) is 13.2 Å². The van der Waals surface area contributed by atoms with Crippen molar-refractivity contribution in [1.29, 1.82) is 0 Å². The minimum Gasteiger partial charge on any atom is -0.495 e. The van der Waals surface area contributed by atoms with Gasteiger partial charge in [0.15, 0.2) is 0 Å². The molecule has 1 N–H and O–H groups in total. The van der Waals surface area contributed by atoms with Gasteiger partial charge in [-0.15, -0.1) is 0 Å². The summed E-state index contributed by atoms with van der Waals surface area (Å²) in [6.07, 6.45) is -0.0190. The molecule has 2 aromatic carbocycles. The molecule has 0 saturated carbocycles. The van der Waals surface area contributed by atoms with Crippen molar-refractivity contribution in [3.8, 4) is 11.5 Å². The normalized spacial score (nSPS) is 10.9. The van der Waals surface area contributed by atoms with E-state index in [1.54, 1.807) is 30.3 Å². The van der Waals surface area contributed by atoms with E-state index in [1.807, 2.05) is 26.8 Å². The van der Waals surface area contributed by atoms with E-state index in [4.69, 9.17) is 13.9 Å². The van der Waals surface area contributed by atoms with Crippen LogP contribution < -0.4 is 20.4 Å². The Morgan fingerprint density at radius 1 is 1.11 bits per heavy atom. The van der Waals surface area contributed by atoms with Gasteiger partial charge >= 0.3 is 5.63 Å². The molecule has 27 heavy (non-hydrogen) atoms. The molecule has 1 aromatic heterocycles. The maximum atomic E-state index is 12.8. The van der Waals surface area contributed by atoms with Crippen LogP contribution in [0.15, 0.2) is 51.7 Å². The van der Waals surface area contributed by atoms with Gasteiger partial charge in [-0.3, -0.25) is 4.79 Å². The highest BCUT2D eigenvalue weighted by atomic mass is 16.5. The highest BCUT2D eigenvalue weighted by Gasteiger charge is 2.16. The van der Waals surface area contributed by atoms with E-state index >= 15 is 0 Å². The number of anilines is 1. The average Bonchev–Trinajstić information content (AvgIpc) is 2.60. The molecule has 6 nitrogen and oxygen atoms in total. The van der Waals surface area contributed by atoms with Crippen molar-refractivity contribution in [2.75, 3.05) is 12.4 Å². The summed E-state index contributed by atoms with van der Waals surface area (Å²) in [5, 5.41) is 3.33. The van der Waals surface area contributed by atoms with Gasteiger partial charge < -0.3 is 19.2 Å². The molecule has 1 heterocycles. The van der Waals surface area contributed by atoms with Gasteiger partial charge in [0.05, 0.1) is 24.5 Å². The van der Waals surface area contributed by atoms with Gasteiger partial charge in [-0.1, -0.05) is 6.07 Å². The summed E-state index contributed by atoms with van der Waals surface area (Å²) in [5.74, 6) is 0.682. The Morgan fingerprint density at radius 3 is 2.59 bits per heavy atom. The van der Waals surface area contributed by atoms with Gasteiger partial charge in [0, 0.05) is 17.5 Å². The number of aryl methyl sites for hydroxylation is 1. The molecule has 0 aliphatic carbocycles. The van der Waals surface area contributed by atoms with E-state index in [-0.39, 0.29) is 11.7 Å². The molecule has 1 amide bonds. The number of hydrogen-bond acceptors (Lipinski definition) is 5. The molecule has 6 heteroatoms. The first-order valence-electron chi connectivity index (χ1n) is 8.58. The SMILES string of the molecule is COc1ccc(C)cc1NC(=O)c1cc(=O)oc2cc(OC(C)C)ccc12. The third-order valence-electron chi connectivity index (χ3n) is 3.94. The van der Waals surface area contributed by atoms with Crippen molar-refractivity contribution in [1.82, 2.24) is 0 Å².